The van der Waals surface area contributed by atoms with E-state index in [1.54, 1.807) is 19.9 Å². The van der Waals surface area contributed by atoms with Gasteiger partial charge in [-0.15, -0.1) is 0 Å². The van der Waals surface area contributed by atoms with Gasteiger partial charge in [-0.05, 0) is 55.6 Å². The zero-order chi connectivity index (χ0) is 29.8. The lowest BCUT2D eigenvalue weighted by atomic mass is 9.44. The molecule has 0 aliphatic heterocycles. The molecule has 0 aromatic heterocycles. The van der Waals surface area contributed by atoms with E-state index in [-0.39, 0.29) is 42.8 Å². The highest BCUT2D eigenvalue weighted by molar-refractivity contribution is 6.01. The number of ketones is 2. The van der Waals surface area contributed by atoms with Gasteiger partial charge < -0.3 is 14.2 Å². The SMILES string of the molecule is CCC(=O)O[C@]1(C(=O)COC(C)=O)CC[C@H]2[C@@H]3CC(C)C4=CC(=O)C=C[C@]4(C)[C@H]3C(OC(=O)C(F)(F)F)C[C@@]21C. The van der Waals surface area contributed by atoms with Gasteiger partial charge in [0.05, 0.1) is 0 Å². The normalized spacial score (nSPS) is 38.4. The molecule has 0 spiro atoms. The number of carbonyl (C=O) groups excluding carboxylic acids is 5. The lowest BCUT2D eigenvalue weighted by Crippen LogP contribution is -2.64. The fourth-order valence-corrected chi connectivity index (χ4v) is 8.25. The highest BCUT2D eigenvalue weighted by Crippen LogP contribution is 2.69. The molecule has 40 heavy (non-hydrogen) atoms. The fraction of sp³-hybridized carbons (Fsp3) is 0.690. The lowest BCUT2D eigenvalue weighted by Gasteiger charge is -2.61. The molecule has 0 bridgehead atoms. The predicted octanol–water partition coefficient (Wildman–Crippen LogP) is 4.45. The molecule has 0 N–H and O–H groups in total. The number of halogens is 3. The van der Waals surface area contributed by atoms with Crippen molar-refractivity contribution in [2.45, 2.75) is 84.6 Å². The molecule has 4 aliphatic rings. The number of allylic oxidation sites excluding steroid dienone is 4. The molecule has 220 valence electrons. The van der Waals surface area contributed by atoms with Crippen LogP contribution < -0.4 is 0 Å². The number of rotatable bonds is 6. The number of alkyl halides is 3. The van der Waals surface area contributed by atoms with E-state index in [0.29, 0.717) is 12.8 Å². The Bertz CT molecular complexity index is 1190. The topological polar surface area (TPSA) is 113 Å². The molecule has 8 nitrogen and oxygen atoms in total. The number of hydrogen-bond donors (Lipinski definition) is 0. The van der Waals surface area contributed by atoms with Crippen molar-refractivity contribution in [1.29, 1.82) is 0 Å². The molecule has 0 amide bonds. The van der Waals surface area contributed by atoms with Gasteiger partial charge in [0, 0.05) is 30.1 Å². The van der Waals surface area contributed by atoms with Crippen molar-refractivity contribution in [1.82, 2.24) is 0 Å². The predicted molar refractivity (Wildman–Crippen MR) is 133 cm³/mol. The minimum atomic E-state index is -5.25. The van der Waals surface area contributed by atoms with E-state index in [1.807, 2.05) is 13.8 Å². The highest BCUT2D eigenvalue weighted by atomic mass is 19.4. The highest BCUT2D eigenvalue weighted by Gasteiger charge is 2.71. The van der Waals surface area contributed by atoms with Crippen LogP contribution in [-0.2, 0) is 38.2 Å². The molecule has 4 aliphatic carbocycles. The van der Waals surface area contributed by atoms with E-state index in [1.165, 1.54) is 12.2 Å². The number of fused-ring (bicyclic) bond motifs is 5. The zero-order valence-electron chi connectivity index (χ0n) is 23.3. The molecule has 3 saturated carbocycles. The van der Waals surface area contributed by atoms with Gasteiger partial charge in [-0.3, -0.25) is 19.2 Å². The van der Waals surface area contributed by atoms with E-state index < -0.39 is 64.9 Å². The Labute approximate surface area is 230 Å². The average Bonchev–Trinajstić information content (AvgIpc) is 3.15. The van der Waals surface area contributed by atoms with Gasteiger partial charge in [-0.2, -0.15) is 13.2 Å². The minimum absolute atomic E-state index is 0.0516. The maximum Gasteiger partial charge on any atom is 0.490 e. The first kappa shape index (κ1) is 30.0. The number of esters is 3. The third-order valence-electron chi connectivity index (χ3n) is 9.84. The molecule has 4 rings (SSSR count). The van der Waals surface area contributed by atoms with Crippen LogP contribution >= 0.6 is 0 Å². The second-order valence-corrected chi connectivity index (χ2v) is 12.0. The summed E-state index contributed by atoms with van der Waals surface area (Å²) in [4.78, 5) is 62.4. The molecule has 0 saturated heterocycles. The summed E-state index contributed by atoms with van der Waals surface area (Å²) < 4.78 is 56.6. The first-order chi connectivity index (χ1) is 18.5. The van der Waals surface area contributed by atoms with E-state index >= 15 is 0 Å². The average molecular weight is 569 g/mol. The second-order valence-electron chi connectivity index (χ2n) is 12.0. The van der Waals surface area contributed by atoms with E-state index in [2.05, 4.69) is 0 Å². The molecule has 0 radical (unpaired) electrons. The van der Waals surface area contributed by atoms with Gasteiger partial charge >= 0.3 is 24.1 Å². The number of Topliss-reactive ketones (excluding diaryl/α,β-unsaturated/α-hetero) is 1. The van der Waals surface area contributed by atoms with Gasteiger partial charge in [-0.25, -0.2) is 4.79 Å². The molecule has 2 unspecified atom stereocenters. The fourth-order valence-electron chi connectivity index (χ4n) is 8.25. The molecule has 11 heteroatoms. The Morgan fingerprint density at radius 1 is 1.15 bits per heavy atom. The third kappa shape index (κ3) is 4.68. The zero-order valence-corrected chi connectivity index (χ0v) is 23.3. The second kappa shape index (κ2) is 10.1. The van der Waals surface area contributed by atoms with Crippen LogP contribution in [0.25, 0.3) is 0 Å². The van der Waals surface area contributed by atoms with E-state index in [4.69, 9.17) is 14.2 Å². The van der Waals surface area contributed by atoms with Gasteiger partial charge in [0.25, 0.3) is 0 Å². The summed E-state index contributed by atoms with van der Waals surface area (Å²) in [5, 5.41) is 0. The third-order valence-corrected chi connectivity index (χ3v) is 9.84. The smallest absolute Gasteiger partial charge is 0.458 e. The number of carbonyl (C=O) groups is 5. The molecule has 0 aromatic carbocycles. The number of hydrogen-bond acceptors (Lipinski definition) is 8. The first-order valence-corrected chi connectivity index (χ1v) is 13.6. The molecule has 8 atom stereocenters. The number of ether oxygens (including phenoxy) is 3. The van der Waals surface area contributed by atoms with Crippen molar-refractivity contribution in [3.8, 4) is 0 Å². The molecular weight excluding hydrogens is 533 g/mol. The van der Waals surface area contributed by atoms with Crippen LogP contribution in [0.5, 0.6) is 0 Å². The van der Waals surface area contributed by atoms with Crippen LogP contribution in [0.4, 0.5) is 13.2 Å². The maximum absolute atomic E-state index is 13.7. The Hall–Kier alpha value is -2.98. The molecule has 0 heterocycles. The van der Waals surface area contributed by atoms with Gasteiger partial charge in [0.15, 0.2) is 18.0 Å². The van der Waals surface area contributed by atoms with Gasteiger partial charge in [0.2, 0.25) is 5.78 Å². The Balaban J connectivity index is 1.86. The molecule has 0 aromatic rings. The minimum Gasteiger partial charge on any atom is -0.458 e. The van der Waals surface area contributed by atoms with Crippen LogP contribution in [0.1, 0.15) is 66.7 Å². The van der Waals surface area contributed by atoms with Crippen molar-refractivity contribution in [3.05, 3.63) is 23.8 Å². The summed E-state index contributed by atoms with van der Waals surface area (Å²) in [6, 6.07) is 0. The lowest BCUT2D eigenvalue weighted by molar-refractivity contribution is -0.228. The standard InChI is InChI=1S/C29H35F3O8/c1-6-23(36)40-28(22(35)14-38-16(3)33)10-8-19-18-11-15(2)20-12-17(34)7-9-26(20,4)24(18)21(13-27(19,28)5)39-25(37)29(30,31)32/h7,9,12,15,18-19,21,24H,6,8,10-11,13-14H2,1-5H3/t15?,18-,19-,21?,24+,26-,27-,28-/m0/s1. The van der Waals surface area contributed by atoms with Crippen LogP contribution in [0.2, 0.25) is 0 Å². The van der Waals surface area contributed by atoms with Crippen LogP contribution in [0.3, 0.4) is 0 Å². The Morgan fingerprint density at radius 2 is 1.82 bits per heavy atom. The molecule has 3 fully saturated rings. The van der Waals surface area contributed by atoms with Gasteiger partial charge in [-0.1, -0.05) is 39.3 Å². The summed E-state index contributed by atoms with van der Waals surface area (Å²) in [6.45, 7) is 7.51. The largest absolute Gasteiger partial charge is 0.490 e. The monoisotopic (exact) mass is 568 g/mol. The van der Waals surface area contributed by atoms with Crippen LogP contribution in [-0.4, -0.2) is 54.0 Å². The van der Waals surface area contributed by atoms with Crippen LogP contribution in [0, 0.1) is 34.5 Å². The molecular formula is C29H35F3O8. The Morgan fingerprint density at radius 3 is 2.42 bits per heavy atom. The summed E-state index contributed by atoms with van der Waals surface area (Å²) in [5.74, 6) is -5.97. The van der Waals surface area contributed by atoms with Gasteiger partial charge in [0.1, 0.15) is 6.10 Å². The van der Waals surface area contributed by atoms with Crippen molar-refractivity contribution in [2.24, 2.45) is 34.5 Å². The first-order valence-electron chi connectivity index (χ1n) is 13.6. The summed E-state index contributed by atoms with van der Waals surface area (Å²) in [6.07, 6.45) is -1.22. The van der Waals surface area contributed by atoms with Crippen molar-refractivity contribution in [3.63, 3.8) is 0 Å². The summed E-state index contributed by atoms with van der Waals surface area (Å²) >= 11 is 0. The van der Waals surface area contributed by atoms with Crippen molar-refractivity contribution in [2.75, 3.05) is 6.61 Å². The van der Waals surface area contributed by atoms with Crippen molar-refractivity contribution < 1.29 is 51.4 Å². The quantitative estimate of drug-likeness (QED) is 0.341. The van der Waals surface area contributed by atoms with Crippen molar-refractivity contribution >= 4 is 29.5 Å². The van der Waals surface area contributed by atoms with E-state index in [0.717, 1.165) is 12.5 Å². The summed E-state index contributed by atoms with van der Waals surface area (Å²) in [7, 11) is 0. The summed E-state index contributed by atoms with van der Waals surface area (Å²) in [5.41, 5.74) is -3.11. The van der Waals surface area contributed by atoms with Crippen LogP contribution in [0.15, 0.2) is 23.8 Å². The maximum atomic E-state index is 13.7. The van der Waals surface area contributed by atoms with E-state index in [9.17, 15) is 37.1 Å². The Kier molecular flexibility index (Phi) is 7.60.